The number of esters is 3. The largest absolute Gasteiger partial charge is 0.465 e. The van der Waals surface area contributed by atoms with Crippen molar-refractivity contribution in [3.05, 3.63) is 29.8 Å². The fourth-order valence-electron chi connectivity index (χ4n) is 5.80. The Morgan fingerprint density at radius 3 is 2.11 bits per heavy atom. The van der Waals surface area contributed by atoms with Gasteiger partial charge in [0.2, 0.25) is 0 Å². The second-order valence-corrected chi connectivity index (χ2v) is 17.0. The van der Waals surface area contributed by atoms with Crippen molar-refractivity contribution >= 4 is 39.3 Å². The molecular weight excluding hydrogens is 654 g/mol. The summed E-state index contributed by atoms with van der Waals surface area (Å²) < 4.78 is 48.0. The Balaban J connectivity index is 1.97. The van der Waals surface area contributed by atoms with Crippen LogP contribution in [0, 0.1) is 12.3 Å². The number of carbonyl (C=O) groups is 3. The number of alkyl halides is 1. The second-order valence-electron chi connectivity index (χ2n) is 14.2. The zero-order valence-corrected chi connectivity index (χ0v) is 30.4. The van der Waals surface area contributed by atoms with Crippen LogP contribution in [0.1, 0.15) is 86.1 Å². The number of sulfone groups is 1. The molecule has 0 saturated carbocycles. The third-order valence-corrected chi connectivity index (χ3v) is 10.4. The number of carbonyl (C=O) groups excluding carboxylic acids is 3. The maximum absolute atomic E-state index is 13.3. The van der Waals surface area contributed by atoms with Crippen molar-refractivity contribution in [1.29, 1.82) is 0 Å². The van der Waals surface area contributed by atoms with Crippen LogP contribution in [0.4, 0.5) is 0 Å². The number of piperidine rings is 1. The van der Waals surface area contributed by atoms with Crippen LogP contribution in [-0.2, 0) is 43.2 Å². The van der Waals surface area contributed by atoms with Gasteiger partial charge in [0.15, 0.2) is 9.84 Å². The topological polar surface area (TPSA) is 166 Å². The van der Waals surface area contributed by atoms with Crippen molar-refractivity contribution in [2.45, 2.75) is 121 Å². The van der Waals surface area contributed by atoms with E-state index in [1.54, 1.807) is 12.1 Å². The lowest BCUT2D eigenvalue weighted by molar-refractivity contribution is -0.261. The first-order valence-electron chi connectivity index (χ1n) is 15.8. The molecule has 1 heterocycles. The van der Waals surface area contributed by atoms with Crippen molar-refractivity contribution in [2.75, 3.05) is 32.2 Å². The van der Waals surface area contributed by atoms with E-state index < -0.39 is 80.6 Å². The van der Waals surface area contributed by atoms with Gasteiger partial charge in [-0.2, -0.15) is 5.06 Å². The van der Waals surface area contributed by atoms with Gasteiger partial charge < -0.3 is 29.3 Å². The molecule has 1 aliphatic heterocycles. The fourth-order valence-corrected chi connectivity index (χ4v) is 7.93. The van der Waals surface area contributed by atoms with Crippen LogP contribution in [0.15, 0.2) is 29.2 Å². The summed E-state index contributed by atoms with van der Waals surface area (Å²) in [5.74, 6) is -3.22. The lowest BCUT2D eigenvalue weighted by Gasteiger charge is -2.51. The molecular formula is C33H52ClNO11S. The Morgan fingerprint density at radius 2 is 1.55 bits per heavy atom. The standard InChI is InChI=1S/C33H52ClNO11S/c1-9-10-15-43-28(38)32(7,22-47(41,42)26-13-11-23(2)12-14-26)21-33(8,34)29(39)46-19-24(36)18-45-27(37)20-44-25-16-30(3,4)35(40)31(5,6)17-25/h11-14,24-25,36,40H,9-10,15-22H2,1-8H3. The highest BCUT2D eigenvalue weighted by Crippen LogP contribution is 2.39. The molecule has 0 spiro atoms. The van der Waals surface area contributed by atoms with E-state index in [0.29, 0.717) is 19.3 Å². The Hall–Kier alpha value is -2.29. The molecule has 0 bridgehead atoms. The van der Waals surface area contributed by atoms with Gasteiger partial charge in [0, 0.05) is 11.1 Å². The smallest absolute Gasteiger partial charge is 0.332 e. The summed E-state index contributed by atoms with van der Waals surface area (Å²) in [5.41, 5.74) is -1.98. The van der Waals surface area contributed by atoms with Gasteiger partial charge in [-0.25, -0.2) is 13.2 Å². The SMILES string of the molecule is CCCCOC(=O)C(C)(CC(C)(Cl)C(=O)OCC(O)COC(=O)COC1CC(C)(C)N(O)C(C)(C)C1)CS(=O)(=O)c1ccc(C)cc1. The molecule has 2 rings (SSSR count). The van der Waals surface area contributed by atoms with Gasteiger partial charge in [0.05, 0.1) is 28.8 Å². The summed E-state index contributed by atoms with van der Waals surface area (Å²) in [7, 11) is -4.00. The molecule has 1 aromatic rings. The van der Waals surface area contributed by atoms with Crippen LogP contribution >= 0.6 is 11.6 Å². The Morgan fingerprint density at radius 1 is 1.00 bits per heavy atom. The summed E-state index contributed by atoms with van der Waals surface area (Å²) in [6.07, 6.45) is 0.161. The van der Waals surface area contributed by atoms with Gasteiger partial charge in [-0.1, -0.05) is 31.0 Å². The van der Waals surface area contributed by atoms with Crippen molar-refractivity contribution < 1.29 is 52.1 Å². The normalized spacial score (nSPS) is 20.0. The minimum Gasteiger partial charge on any atom is -0.465 e. The van der Waals surface area contributed by atoms with E-state index in [-0.39, 0.29) is 24.2 Å². The quantitative estimate of drug-likeness (QED) is 0.102. The molecule has 0 aliphatic carbocycles. The molecule has 0 radical (unpaired) electrons. The second kappa shape index (κ2) is 16.4. The zero-order chi connectivity index (χ0) is 35.8. The van der Waals surface area contributed by atoms with Crippen molar-refractivity contribution in [1.82, 2.24) is 5.06 Å². The van der Waals surface area contributed by atoms with Crippen LogP contribution in [-0.4, -0.2) is 102 Å². The summed E-state index contributed by atoms with van der Waals surface area (Å²) >= 11 is 6.57. The maximum Gasteiger partial charge on any atom is 0.332 e. The number of hydrogen-bond acceptors (Lipinski definition) is 12. The number of aryl methyl sites for hydroxylation is 1. The Bertz CT molecular complexity index is 1310. The Labute approximate surface area is 283 Å². The van der Waals surface area contributed by atoms with Gasteiger partial charge in [-0.05, 0) is 86.3 Å². The average Bonchev–Trinajstić information content (AvgIpc) is 2.95. The first kappa shape index (κ1) is 40.9. The molecule has 47 heavy (non-hydrogen) atoms. The first-order valence-corrected chi connectivity index (χ1v) is 17.8. The minimum absolute atomic E-state index is 0.0147. The summed E-state index contributed by atoms with van der Waals surface area (Å²) in [5, 5.41) is 22.0. The van der Waals surface area contributed by atoms with E-state index in [1.165, 1.54) is 31.0 Å². The van der Waals surface area contributed by atoms with E-state index >= 15 is 0 Å². The van der Waals surface area contributed by atoms with Gasteiger partial charge in [-0.3, -0.25) is 9.59 Å². The monoisotopic (exact) mass is 705 g/mol. The van der Waals surface area contributed by atoms with Crippen LogP contribution in [0.3, 0.4) is 0 Å². The van der Waals surface area contributed by atoms with E-state index in [0.717, 1.165) is 12.0 Å². The molecule has 1 saturated heterocycles. The van der Waals surface area contributed by atoms with Crippen LogP contribution in [0.25, 0.3) is 0 Å². The molecule has 12 nitrogen and oxygen atoms in total. The molecule has 3 atom stereocenters. The average molecular weight is 706 g/mol. The minimum atomic E-state index is -4.00. The third-order valence-electron chi connectivity index (χ3n) is 8.14. The molecule has 0 aromatic heterocycles. The maximum atomic E-state index is 13.3. The number of unbranched alkanes of at least 4 members (excludes halogenated alkanes) is 1. The van der Waals surface area contributed by atoms with E-state index in [9.17, 15) is 33.1 Å². The number of aliphatic hydroxyl groups is 1. The number of hydrogen-bond donors (Lipinski definition) is 2. The number of ether oxygens (including phenoxy) is 4. The highest BCUT2D eigenvalue weighted by atomic mass is 35.5. The van der Waals surface area contributed by atoms with E-state index in [2.05, 4.69) is 0 Å². The fraction of sp³-hybridized carbons (Fsp3) is 0.727. The molecule has 3 unspecified atom stereocenters. The number of nitrogens with zero attached hydrogens (tertiary/aromatic N) is 1. The van der Waals surface area contributed by atoms with Gasteiger partial charge in [0.25, 0.3) is 0 Å². The predicted molar refractivity (Wildman–Crippen MR) is 175 cm³/mol. The highest BCUT2D eigenvalue weighted by Gasteiger charge is 2.49. The molecule has 1 fully saturated rings. The lowest BCUT2D eigenvalue weighted by atomic mass is 9.80. The van der Waals surface area contributed by atoms with Crippen LogP contribution in [0.5, 0.6) is 0 Å². The summed E-state index contributed by atoms with van der Waals surface area (Å²) in [6, 6.07) is 6.18. The number of benzene rings is 1. The molecule has 268 valence electrons. The molecule has 1 aromatic carbocycles. The van der Waals surface area contributed by atoms with Gasteiger partial charge >= 0.3 is 17.9 Å². The third kappa shape index (κ3) is 12.0. The Kier molecular flexibility index (Phi) is 14.3. The lowest BCUT2D eigenvalue weighted by Crippen LogP contribution is -2.60. The van der Waals surface area contributed by atoms with Crippen molar-refractivity contribution in [3.63, 3.8) is 0 Å². The van der Waals surface area contributed by atoms with Crippen LogP contribution in [0.2, 0.25) is 0 Å². The molecule has 14 heteroatoms. The number of halogens is 1. The predicted octanol–water partition coefficient (Wildman–Crippen LogP) is 4.38. The molecule has 2 N–H and O–H groups in total. The molecule has 1 aliphatic rings. The number of rotatable bonds is 17. The van der Waals surface area contributed by atoms with Gasteiger partial charge in [0.1, 0.15) is 30.8 Å². The number of aliphatic hydroxyl groups excluding tert-OH is 1. The highest BCUT2D eigenvalue weighted by molar-refractivity contribution is 7.91. The summed E-state index contributed by atoms with van der Waals surface area (Å²) in [6.45, 7) is 12.5. The zero-order valence-electron chi connectivity index (χ0n) is 28.8. The first-order chi connectivity index (χ1) is 21.5. The van der Waals surface area contributed by atoms with Crippen LogP contribution < -0.4 is 0 Å². The van der Waals surface area contributed by atoms with Gasteiger partial charge in [-0.15, -0.1) is 11.6 Å². The number of hydroxylamine groups is 2. The van der Waals surface area contributed by atoms with E-state index in [1.807, 2.05) is 41.5 Å². The molecule has 0 amide bonds. The van der Waals surface area contributed by atoms with E-state index in [4.69, 9.17) is 30.5 Å². The van der Waals surface area contributed by atoms with Crippen molar-refractivity contribution in [2.24, 2.45) is 5.41 Å². The van der Waals surface area contributed by atoms with Crippen molar-refractivity contribution in [3.8, 4) is 0 Å². The summed E-state index contributed by atoms with van der Waals surface area (Å²) in [4.78, 5) is 36.7.